The van der Waals surface area contributed by atoms with Crippen molar-refractivity contribution in [3.05, 3.63) is 48.3 Å². The van der Waals surface area contributed by atoms with Gasteiger partial charge < -0.3 is 15.1 Å². The molecule has 0 aliphatic heterocycles. The van der Waals surface area contributed by atoms with Gasteiger partial charge in [0.1, 0.15) is 17.8 Å². The van der Waals surface area contributed by atoms with E-state index in [1.165, 1.54) is 0 Å². The van der Waals surface area contributed by atoms with Gasteiger partial charge >= 0.3 is 0 Å². The summed E-state index contributed by atoms with van der Waals surface area (Å²) in [6.07, 6.45) is -0.605. The van der Waals surface area contributed by atoms with Crippen molar-refractivity contribution < 1.29 is 5.11 Å². The van der Waals surface area contributed by atoms with Gasteiger partial charge in [0.25, 0.3) is 0 Å². The minimum atomic E-state index is -0.605. The van der Waals surface area contributed by atoms with E-state index in [0.29, 0.717) is 5.82 Å². The molecule has 1 atom stereocenters. The van der Waals surface area contributed by atoms with Crippen LogP contribution in [0.2, 0.25) is 0 Å². The van der Waals surface area contributed by atoms with E-state index in [0.717, 1.165) is 33.5 Å². The van der Waals surface area contributed by atoms with E-state index in [1.807, 2.05) is 42.5 Å². The fourth-order valence-electron chi connectivity index (χ4n) is 2.46. The lowest BCUT2D eigenvalue weighted by molar-refractivity contribution is 0.190. The predicted octanol–water partition coefficient (Wildman–Crippen LogP) is 3.16. The lowest BCUT2D eigenvalue weighted by Gasteiger charge is -1.96. The summed E-state index contributed by atoms with van der Waals surface area (Å²) in [6.45, 7) is 1.69. The number of aromatic amines is 2. The third-order valence-electron chi connectivity index (χ3n) is 3.56. The third kappa shape index (κ3) is 1.98. The molecule has 3 N–H and O–H groups in total. The molecule has 0 fully saturated rings. The van der Waals surface area contributed by atoms with Crippen LogP contribution in [0.4, 0.5) is 0 Å². The number of hydrogen-bond acceptors (Lipinski definition) is 3. The standard InChI is InChI=1S/C16H14N4O/c1-9(21)15-17-13-7-6-10(8-14(13)20-15)16-18-11-4-2-3-5-12(11)19-16/h2-9,21H,1H3,(H,17,20)(H,18,19)/t9-/m0/s1. The van der Waals surface area contributed by atoms with Crippen LogP contribution in [0, 0.1) is 0 Å². The van der Waals surface area contributed by atoms with Gasteiger partial charge in [-0.3, -0.25) is 0 Å². The van der Waals surface area contributed by atoms with Crippen LogP contribution in [0.15, 0.2) is 42.5 Å². The molecule has 0 bridgehead atoms. The van der Waals surface area contributed by atoms with Crippen LogP contribution >= 0.6 is 0 Å². The second kappa shape index (κ2) is 4.43. The molecular weight excluding hydrogens is 264 g/mol. The van der Waals surface area contributed by atoms with Crippen molar-refractivity contribution in [2.24, 2.45) is 0 Å². The number of hydrogen-bond donors (Lipinski definition) is 3. The summed E-state index contributed by atoms with van der Waals surface area (Å²) in [4.78, 5) is 15.4. The minimum Gasteiger partial charge on any atom is -0.385 e. The summed E-state index contributed by atoms with van der Waals surface area (Å²) >= 11 is 0. The molecule has 5 nitrogen and oxygen atoms in total. The fourth-order valence-corrected chi connectivity index (χ4v) is 2.46. The lowest BCUT2D eigenvalue weighted by atomic mass is 10.2. The van der Waals surface area contributed by atoms with E-state index in [1.54, 1.807) is 6.92 Å². The summed E-state index contributed by atoms with van der Waals surface area (Å²) in [5.74, 6) is 1.40. The predicted molar refractivity (Wildman–Crippen MR) is 81.8 cm³/mol. The molecule has 4 rings (SSSR count). The molecule has 0 aliphatic carbocycles. The first kappa shape index (κ1) is 12.1. The SMILES string of the molecule is C[C@H](O)c1nc2ccc(-c3nc4ccccc4[nH]3)cc2[nH]1. The number of aromatic nitrogens is 4. The topological polar surface area (TPSA) is 77.6 Å². The van der Waals surface area contributed by atoms with Gasteiger partial charge in [-0.25, -0.2) is 9.97 Å². The summed E-state index contributed by atoms with van der Waals surface area (Å²) in [6, 6.07) is 13.8. The van der Waals surface area contributed by atoms with Gasteiger partial charge in [0.2, 0.25) is 0 Å². The number of imidazole rings is 2. The van der Waals surface area contributed by atoms with Crippen molar-refractivity contribution in [1.29, 1.82) is 0 Å². The Kier molecular flexibility index (Phi) is 2.55. The number of benzene rings is 2. The molecule has 0 amide bonds. The molecule has 2 aromatic carbocycles. The van der Waals surface area contributed by atoms with Crippen LogP contribution in [0.25, 0.3) is 33.5 Å². The zero-order valence-electron chi connectivity index (χ0n) is 11.5. The van der Waals surface area contributed by atoms with Crippen molar-refractivity contribution >= 4 is 22.1 Å². The zero-order valence-corrected chi connectivity index (χ0v) is 11.5. The van der Waals surface area contributed by atoms with Crippen LogP contribution in [0.1, 0.15) is 18.9 Å². The third-order valence-corrected chi connectivity index (χ3v) is 3.56. The monoisotopic (exact) mass is 278 g/mol. The van der Waals surface area contributed by atoms with Gasteiger partial charge in [-0.15, -0.1) is 0 Å². The molecule has 0 radical (unpaired) electrons. The van der Waals surface area contributed by atoms with Crippen molar-refractivity contribution in [3.8, 4) is 11.4 Å². The Hall–Kier alpha value is -2.66. The Morgan fingerprint density at radius 3 is 2.57 bits per heavy atom. The molecule has 104 valence electrons. The van der Waals surface area contributed by atoms with E-state index >= 15 is 0 Å². The van der Waals surface area contributed by atoms with Crippen LogP contribution in [0.5, 0.6) is 0 Å². The number of H-pyrrole nitrogens is 2. The number of para-hydroxylation sites is 2. The Balaban J connectivity index is 1.85. The Bertz CT molecular complexity index is 903. The highest BCUT2D eigenvalue weighted by molar-refractivity contribution is 5.84. The number of rotatable bonds is 2. The van der Waals surface area contributed by atoms with E-state index in [4.69, 9.17) is 0 Å². The van der Waals surface area contributed by atoms with Gasteiger partial charge in [-0.1, -0.05) is 12.1 Å². The molecule has 5 heteroatoms. The molecule has 0 saturated heterocycles. The van der Waals surface area contributed by atoms with Gasteiger partial charge in [0.15, 0.2) is 0 Å². The number of nitrogens with zero attached hydrogens (tertiary/aromatic N) is 2. The van der Waals surface area contributed by atoms with Crippen molar-refractivity contribution in [2.75, 3.05) is 0 Å². The number of aliphatic hydroxyl groups is 1. The number of aliphatic hydroxyl groups excluding tert-OH is 1. The average molecular weight is 278 g/mol. The smallest absolute Gasteiger partial charge is 0.138 e. The van der Waals surface area contributed by atoms with Crippen LogP contribution in [-0.2, 0) is 0 Å². The summed E-state index contributed by atoms with van der Waals surface area (Å²) in [5.41, 5.74) is 4.68. The molecule has 21 heavy (non-hydrogen) atoms. The maximum absolute atomic E-state index is 9.59. The van der Waals surface area contributed by atoms with Gasteiger partial charge in [0.05, 0.1) is 22.1 Å². The molecule has 0 spiro atoms. The molecule has 0 aliphatic rings. The molecule has 2 aromatic heterocycles. The quantitative estimate of drug-likeness (QED) is 0.527. The molecule has 0 saturated carbocycles. The van der Waals surface area contributed by atoms with E-state index in [-0.39, 0.29) is 0 Å². The summed E-state index contributed by atoms with van der Waals surface area (Å²) in [7, 11) is 0. The first-order chi connectivity index (χ1) is 10.2. The van der Waals surface area contributed by atoms with Crippen molar-refractivity contribution in [3.63, 3.8) is 0 Å². The van der Waals surface area contributed by atoms with E-state index < -0.39 is 6.10 Å². The fraction of sp³-hybridized carbons (Fsp3) is 0.125. The van der Waals surface area contributed by atoms with Crippen LogP contribution in [0.3, 0.4) is 0 Å². The Morgan fingerprint density at radius 2 is 1.76 bits per heavy atom. The largest absolute Gasteiger partial charge is 0.385 e. The first-order valence-electron chi connectivity index (χ1n) is 6.83. The normalized spacial score (nSPS) is 13.0. The molecule has 4 aromatic rings. The number of fused-ring (bicyclic) bond motifs is 2. The molecule has 2 heterocycles. The van der Waals surface area contributed by atoms with E-state index in [2.05, 4.69) is 19.9 Å². The van der Waals surface area contributed by atoms with Crippen molar-refractivity contribution in [2.45, 2.75) is 13.0 Å². The highest BCUT2D eigenvalue weighted by atomic mass is 16.3. The van der Waals surface area contributed by atoms with Crippen molar-refractivity contribution in [1.82, 2.24) is 19.9 Å². The van der Waals surface area contributed by atoms with E-state index in [9.17, 15) is 5.11 Å². The highest BCUT2D eigenvalue weighted by Gasteiger charge is 2.10. The highest BCUT2D eigenvalue weighted by Crippen LogP contribution is 2.24. The maximum Gasteiger partial charge on any atom is 0.138 e. The Labute approximate surface area is 120 Å². The molecule has 0 unspecified atom stereocenters. The second-order valence-corrected chi connectivity index (χ2v) is 5.13. The summed E-state index contributed by atoms with van der Waals surface area (Å²) in [5, 5.41) is 9.59. The second-order valence-electron chi connectivity index (χ2n) is 5.13. The summed E-state index contributed by atoms with van der Waals surface area (Å²) < 4.78 is 0. The van der Waals surface area contributed by atoms with Crippen LogP contribution < -0.4 is 0 Å². The minimum absolute atomic E-state index is 0.576. The van der Waals surface area contributed by atoms with Gasteiger partial charge in [0, 0.05) is 5.56 Å². The first-order valence-corrected chi connectivity index (χ1v) is 6.83. The zero-order chi connectivity index (χ0) is 14.4. The van der Waals surface area contributed by atoms with Gasteiger partial charge in [-0.2, -0.15) is 0 Å². The van der Waals surface area contributed by atoms with Crippen LogP contribution in [-0.4, -0.2) is 25.0 Å². The Morgan fingerprint density at radius 1 is 0.952 bits per heavy atom. The number of nitrogens with one attached hydrogen (secondary N) is 2. The van der Waals surface area contributed by atoms with Gasteiger partial charge in [-0.05, 0) is 37.3 Å². The lowest BCUT2D eigenvalue weighted by Crippen LogP contribution is -1.92. The maximum atomic E-state index is 9.59. The average Bonchev–Trinajstić information content (AvgIpc) is 3.10. The molecular formula is C16H14N4O.